The zero-order valence-corrected chi connectivity index (χ0v) is 7.89. The van der Waals surface area contributed by atoms with Crippen molar-refractivity contribution in [1.29, 1.82) is 0 Å². The van der Waals surface area contributed by atoms with Gasteiger partial charge in [-0.15, -0.1) is 0 Å². The third kappa shape index (κ3) is 2.67. The largest absolute Gasteiger partial charge is 0.410 e. The first-order valence-corrected chi connectivity index (χ1v) is 3.92. The first-order valence-electron chi connectivity index (χ1n) is 3.92. The molecule has 76 valence electrons. The minimum Gasteiger partial charge on any atom is -0.407 e. The highest BCUT2D eigenvalue weighted by Gasteiger charge is 2.19. The standard InChI is InChI=1S/C8H11N3O3/c1-8(2,13)6-10-3-5(4-11-6)14-7(9)12/h3-4,13H,1-2H3,(H2,9,12). The molecule has 0 aliphatic rings. The summed E-state index contributed by atoms with van der Waals surface area (Å²) < 4.78 is 4.51. The summed E-state index contributed by atoms with van der Waals surface area (Å²) in [7, 11) is 0. The van der Waals surface area contributed by atoms with Gasteiger partial charge in [-0.25, -0.2) is 14.8 Å². The molecule has 0 fully saturated rings. The molecular formula is C8H11N3O3. The fourth-order valence-corrected chi connectivity index (χ4v) is 0.801. The van der Waals surface area contributed by atoms with Crippen LogP contribution >= 0.6 is 0 Å². The van der Waals surface area contributed by atoms with Gasteiger partial charge in [0.05, 0.1) is 12.4 Å². The van der Waals surface area contributed by atoms with Crippen LogP contribution < -0.4 is 10.5 Å². The third-order valence-electron chi connectivity index (χ3n) is 1.39. The molecule has 0 unspecified atom stereocenters. The van der Waals surface area contributed by atoms with E-state index in [4.69, 9.17) is 5.73 Å². The fourth-order valence-electron chi connectivity index (χ4n) is 0.801. The molecule has 1 rings (SSSR count). The molecule has 6 nitrogen and oxygen atoms in total. The second kappa shape index (κ2) is 3.59. The smallest absolute Gasteiger partial charge is 0.407 e. The van der Waals surface area contributed by atoms with E-state index in [9.17, 15) is 9.90 Å². The molecule has 3 N–H and O–H groups in total. The Morgan fingerprint density at radius 2 is 2.00 bits per heavy atom. The van der Waals surface area contributed by atoms with Crippen molar-refractivity contribution in [2.24, 2.45) is 5.73 Å². The monoisotopic (exact) mass is 197 g/mol. The van der Waals surface area contributed by atoms with Gasteiger partial charge in [-0.05, 0) is 13.8 Å². The maximum Gasteiger partial charge on any atom is 0.410 e. The Hall–Kier alpha value is -1.69. The minimum atomic E-state index is -1.12. The van der Waals surface area contributed by atoms with E-state index in [1.54, 1.807) is 13.8 Å². The van der Waals surface area contributed by atoms with Crippen LogP contribution in [0.5, 0.6) is 5.75 Å². The van der Waals surface area contributed by atoms with Crippen molar-refractivity contribution in [3.63, 3.8) is 0 Å². The van der Waals surface area contributed by atoms with Crippen LogP contribution in [0.25, 0.3) is 0 Å². The molecule has 1 aromatic heterocycles. The predicted octanol–water partition coefficient (Wildman–Crippen LogP) is 0.162. The Kier molecular flexibility index (Phi) is 2.66. The first kappa shape index (κ1) is 10.4. The summed E-state index contributed by atoms with van der Waals surface area (Å²) in [4.78, 5) is 18.0. The maximum absolute atomic E-state index is 10.3. The van der Waals surface area contributed by atoms with E-state index in [1.807, 2.05) is 0 Å². The Labute approximate surface area is 80.7 Å². The molecule has 0 aliphatic carbocycles. The average molecular weight is 197 g/mol. The molecule has 0 spiro atoms. The van der Waals surface area contributed by atoms with Gasteiger partial charge in [0.15, 0.2) is 11.6 Å². The molecule has 14 heavy (non-hydrogen) atoms. The van der Waals surface area contributed by atoms with E-state index in [1.165, 1.54) is 12.4 Å². The van der Waals surface area contributed by atoms with E-state index in [-0.39, 0.29) is 11.6 Å². The van der Waals surface area contributed by atoms with E-state index in [2.05, 4.69) is 14.7 Å². The summed E-state index contributed by atoms with van der Waals surface area (Å²) in [6.45, 7) is 3.11. The summed E-state index contributed by atoms with van der Waals surface area (Å²) in [5, 5.41) is 9.50. The highest BCUT2D eigenvalue weighted by molar-refractivity contribution is 5.67. The number of nitrogens with zero attached hydrogens (tertiary/aromatic N) is 2. The number of nitrogens with two attached hydrogens (primary N) is 1. The van der Waals surface area contributed by atoms with Crippen LogP contribution in [0.2, 0.25) is 0 Å². The Balaban J connectivity index is 2.84. The van der Waals surface area contributed by atoms with Crippen LogP contribution in [0.4, 0.5) is 4.79 Å². The summed E-state index contributed by atoms with van der Waals surface area (Å²) >= 11 is 0. The Morgan fingerprint density at radius 3 is 2.36 bits per heavy atom. The van der Waals surface area contributed by atoms with Gasteiger partial charge in [-0.2, -0.15) is 0 Å². The van der Waals surface area contributed by atoms with Gasteiger partial charge in [0.25, 0.3) is 0 Å². The lowest BCUT2D eigenvalue weighted by molar-refractivity contribution is 0.0685. The van der Waals surface area contributed by atoms with Crippen molar-refractivity contribution in [1.82, 2.24) is 9.97 Å². The van der Waals surface area contributed by atoms with Crippen LogP contribution in [0.3, 0.4) is 0 Å². The fraction of sp³-hybridized carbons (Fsp3) is 0.375. The van der Waals surface area contributed by atoms with Crippen molar-refractivity contribution in [2.75, 3.05) is 0 Å². The molecule has 0 radical (unpaired) electrons. The zero-order chi connectivity index (χ0) is 10.8. The van der Waals surface area contributed by atoms with Crippen LogP contribution in [0, 0.1) is 0 Å². The predicted molar refractivity (Wildman–Crippen MR) is 47.5 cm³/mol. The summed E-state index contributed by atoms with van der Waals surface area (Å²) in [6.07, 6.45) is 1.61. The van der Waals surface area contributed by atoms with Gasteiger partial charge in [-0.1, -0.05) is 0 Å². The van der Waals surface area contributed by atoms with E-state index < -0.39 is 11.7 Å². The first-order chi connectivity index (χ1) is 6.39. The average Bonchev–Trinajstić information content (AvgIpc) is 2.02. The van der Waals surface area contributed by atoms with Crippen LogP contribution in [0.15, 0.2) is 12.4 Å². The van der Waals surface area contributed by atoms with Gasteiger partial charge in [0, 0.05) is 0 Å². The SMILES string of the molecule is CC(C)(O)c1ncc(OC(N)=O)cn1. The number of aliphatic hydroxyl groups is 1. The molecule has 0 atom stereocenters. The summed E-state index contributed by atoms with van der Waals surface area (Å²) in [5.41, 5.74) is 3.66. The lowest BCUT2D eigenvalue weighted by Crippen LogP contribution is -2.20. The third-order valence-corrected chi connectivity index (χ3v) is 1.39. The zero-order valence-electron chi connectivity index (χ0n) is 7.89. The number of carbonyl (C=O) groups excluding carboxylic acids is 1. The van der Waals surface area contributed by atoms with Gasteiger partial charge in [-0.3, -0.25) is 0 Å². The molecular weight excluding hydrogens is 186 g/mol. The van der Waals surface area contributed by atoms with Gasteiger partial charge < -0.3 is 15.6 Å². The van der Waals surface area contributed by atoms with Crippen molar-refractivity contribution in [3.8, 4) is 5.75 Å². The molecule has 1 heterocycles. The quantitative estimate of drug-likeness (QED) is 0.703. The highest BCUT2D eigenvalue weighted by Crippen LogP contribution is 2.16. The maximum atomic E-state index is 10.3. The summed E-state index contributed by atoms with van der Waals surface area (Å²) in [6, 6.07) is 0. The molecule has 0 saturated carbocycles. The van der Waals surface area contributed by atoms with Crippen LogP contribution in [-0.4, -0.2) is 21.2 Å². The number of rotatable bonds is 2. The number of ether oxygens (including phenoxy) is 1. The van der Waals surface area contributed by atoms with Crippen molar-refractivity contribution in [3.05, 3.63) is 18.2 Å². The van der Waals surface area contributed by atoms with Gasteiger partial charge >= 0.3 is 6.09 Å². The lowest BCUT2D eigenvalue weighted by Gasteiger charge is -2.14. The summed E-state index contributed by atoms with van der Waals surface area (Å²) in [5.74, 6) is 0.389. The van der Waals surface area contributed by atoms with Crippen molar-refractivity contribution in [2.45, 2.75) is 19.4 Å². The molecule has 6 heteroatoms. The molecule has 0 saturated heterocycles. The van der Waals surface area contributed by atoms with Gasteiger partial charge in [0.2, 0.25) is 0 Å². The molecule has 1 amide bonds. The normalized spacial score (nSPS) is 11.1. The number of aromatic nitrogens is 2. The molecule has 0 bridgehead atoms. The van der Waals surface area contributed by atoms with Crippen LogP contribution in [-0.2, 0) is 5.60 Å². The minimum absolute atomic E-state index is 0.144. The van der Waals surface area contributed by atoms with E-state index in [0.29, 0.717) is 0 Å². The second-order valence-electron chi connectivity index (χ2n) is 3.22. The Bertz CT molecular complexity index is 329. The van der Waals surface area contributed by atoms with Gasteiger partial charge in [0.1, 0.15) is 5.60 Å². The number of hydrogen-bond acceptors (Lipinski definition) is 5. The topological polar surface area (TPSA) is 98.3 Å². The number of amides is 1. The number of primary amides is 1. The van der Waals surface area contributed by atoms with Crippen LogP contribution in [0.1, 0.15) is 19.7 Å². The lowest BCUT2D eigenvalue weighted by atomic mass is 10.1. The highest BCUT2D eigenvalue weighted by atomic mass is 16.5. The number of carbonyl (C=O) groups is 1. The van der Waals surface area contributed by atoms with Crippen molar-refractivity contribution >= 4 is 6.09 Å². The van der Waals surface area contributed by atoms with Crippen molar-refractivity contribution < 1.29 is 14.6 Å². The second-order valence-corrected chi connectivity index (χ2v) is 3.22. The molecule has 0 aromatic carbocycles. The number of hydrogen-bond donors (Lipinski definition) is 2. The molecule has 1 aromatic rings. The van der Waals surface area contributed by atoms with E-state index >= 15 is 0 Å². The molecule has 0 aliphatic heterocycles. The van der Waals surface area contributed by atoms with E-state index in [0.717, 1.165) is 0 Å². The Morgan fingerprint density at radius 1 is 1.50 bits per heavy atom.